The molecule has 1 aromatic heterocycles. The average molecular weight is 315 g/mol. The average Bonchev–Trinajstić information content (AvgIpc) is 2.80. The lowest BCUT2D eigenvalue weighted by molar-refractivity contribution is 0.135. The third kappa shape index (κ3) is 3.13. The fourth-order valence-electron chi connectivity index (χ4n) is 2.88. The molecule has 1 fully saturated rings. The summed E-state index contributed by atoms with van der Waals surface area (Å²) in [5, 5.41) is 9.87. The number of aromatic nitrogens is 2. The summed E-state index contributed by atoms with van der Waals surface area (Å²) in [5.74, 6) is 0. The molecule has 8 heteroatoms. The third-order valence-corrected chi connectivity index (χ3v) is 6.11. The van der Waals surface area contributed by atoms with Gasteiger partial charge in [-0.3, -0.25) is 10.00 Å². The van der Waals surface area contributed by atoms with Crippen molar-refractivity contribution in [2.75, 3.05) is 33.2 Å². The van der Waals surface area contributed by atoms with E-state index in [-0.39, 0.29) is 6.04 Å². The zero-order valence-electron chi connectivity index (χ0n) is 13.2. The van der Waals surface area contributed by atoms with Gasteiger partial charge in [0.05, 0.1) is 11.4 Å². The number of H-pyrrole nitrogens is 1. The van der Waals surface area contributed by atoms with Crippen LogP contribution < -0.4 is 5.32 Å². The fourth-order valence-corrected chi connectivity index (χ4v) is 4.72. The smallest absolute Gasteiger partial charge is 0.246 e. The van der Waals surface area contributed by atoms with Gasteiger partial charge in [0.1, 0.15) is 4.90 Å². The van der Waals surface area contributed by atoms with E-state index in [4.69, 9.17) is 0 Å². The van der Waals surface area contributed by atoms with Gasteiger partial charge < -0.3 is 5.32 Å². The molecule has 0 amide bonds. The van der Waals surface area contributed by atoms with Crippen molar-refractivity contribution in [1.29, 1.82) is 0 Å². The lowest BCUT2D eigenvalue weighted by Crippen LogP contribution is -2.53. The lowest BCUT2D eigenvalue weighted by atomic mass is 10.2. The first-order valence-electron chi connectivity index (χ1n) is 7.34. The highest BCUT2D eigenvalue weighted by Crippen LogP contribution is 2.24. The second-order valence-electron chi connectivity index (χ2n) is 5.50. The monoisotopic (exact) mass is 315 g/mol. The van der Waals surface area contributed by atoms with Gasteiger partial charge in [-0.05, 0) is 27.4 Å². The Morgan fingerprint density at radius 3 is 2.71 bits per heavy atom. The molecule has 0 spiro atoms. The predicted octanol–water partition coefficient (Wildman–Crippen LogP) is 0.152. The molecule has 1 unspecified atom stereocenters. The van der Waals surface area contributed by atoms with Crippen LogP contribution in [0.3, 0.4) is 0 Å². The van der Waals surface area contributed by atoms with E-state index in [9.17, 15) is 8.42 Å². The summed E-state index contributed by atoms with van der Waals surface area (Å²) in [4.78, 5) is 2.62. The van der Waals surface area contributed by atoms with Crippen molar-refractivity contribution in [1.82, 2.24) is 24.7 Å². The Morgan fingerprint density at radius 1 is 1.43 bits per heavy atom. The van der Waals surface area contributed by atoms with Gasteiger partial charge in [-0.25, -0.2) is 8.42 Å². The second-order valence-corrected chi connectivity index (χ2v) is 7.37. The van der Waals surface area contributed by atoms with Gasteiger partial charge in [0.25, 0.3) is 0 Å². The number of piperazine rings is 1. The van der Waals surface area contributed by atoms with Crippen molar-refractivity contribution in [3.05, 3.63) is 11.4 Å². The number of hydrogen-bond donors (Lipinski definition) is 2. The van der Waals surface area contributed by atoms with Crippen LogP contribution in [0.1, 0.15) is 25.2 Å². The molecule has 1 aliphatic heterocycles. The molecule has 0 bridgehead atoms. The summed E-state index contributed by atoms with van der Waals surface area (Å²) in [5.41, 5.74) is 1.16. The summed E-state index contributed by atoms with van der Waals surface area (Å²) in [6, 6.07) is 0.235. The van der Waals surface area contributed by atoms with E-state index in [0.29, 0.717) is 35.9 Å². The van der Waals surface area contributed by atoms with Gasteiger partial charge in [-0.2, -0.15) is 9.40 Å². The fraction of sp³-hybridized carbons (Fsp3) is 0.769. The Labute approximate surface area is 126 Å². The van der Waals surface area contributed by atoms with E-state index in [1.54, 1.807) is 18.3 Å². The molecule has 0 saturated carbocycles. The van der Waals surface area contributed by atoms with Crippen LogP contribution in [-0.4, -0.2) is 67.1 Å². The minimum absolute atomic E-state index is 0.235. The predicted molar refractivity (Wildman–Crippen MR) is 81.6 cm³/mol. The molecule has 0 radical (unpaired) electrons. The van der Waals surface area contributed by atoms with Crippen LogP contribution in [0, 0.1) is 6.92 Å². The molecule has 1 atom stereocenters. The zero-order chi connectivity index (χ0) is 15.6. The van der Waals surface area contributed by atoms with Gasteiger partial charge in [-0.15, -0.1) is 0 Å². The highest BCUT2D eigenvalue weighted by Gasteiger charge is 2.35. The number of aryl methyl sites for hydroxylation is 1. The van der Waals surface area contributed by atoms with Crippen molar-refractivity contribution in [2.24, 2.45) is 0 Å². The highest BCUT2D eigenvalue weighted by atomic mass is 32.2. The number of rotatable bonds is 5. The van der Waals surface area contributed by atoms with Gasteiger partial charge in [0.2, 0.25) is 10.0 Å². The maximum absolute atomic E-state index is 12.9. The number of hydrogen-bond acceptors (Lipinski definition) is 5. The lowest BCUT2D eigenvalue weighted by Gasteiger charge is -2.38. The largest absolute Gasteiger partial charge is 0.314 e. The van der Waals surface area contributed by atoms with Gasteiger partial charge in [0.15, 0.2) is 0 Å². The molecule has 2 N–H and O–H groups in total. The minimum atomic E-state index is -3.49. The second kappa shape index (κ2) is 6.43. The van der Waals surface area contributed by atoms with Crippen LogP contribution in [0.15, 0.2) is 4.90 Å². The summed E-state index contributed by atoms with van der Waals surface area (Å²) >= 11 is 0. The zero-order valence-corrected chi connectivity index (χ0v) is 14.0. The van der Waals surface area contributed by atoms with Crippen LogP contribution in [0.4, 0.5) is 0 Å². The Hall–Kier alpha value is -0.960. The molecule has 0 aliphatic carbocycles. The molecule has 1 saturated heterocycles. The van der Waals surface area contributed by atoms with Crippen molar-refractivity contribution in [3.63, 3.8) is 0 Å². The molecule has 1 aliphatic rings. The summed E-state index contributed by atoms with van der Waals surface area (Å²) in [6.45, 7) is 9.14. The normalized spacial score (nSPS) is 21.8. The van der Waals surface area contributed by atoms with E-state index in [0.717, 1.165) is 13.1 Å². The van der Waals surface area contributed by atoms with E-state index in [2.05, 4.69) is 34.3 Å². The molecule has 2 heterocycles. The molecule has 1 aromatic rings. The summed E-state index contributed by atoms with van der Waals surface area (Å²) in [7, 11) is -1.71. The molecule has 0 aromatic carbocycles. The summed E-state index contributed by atoms with van der Waals surface area (Å²) < 4.78 is 27.4. The molecular weight excluding hydrogens is 290 g/mol. The van der Waals surface area contributed by atoms with Crippen molar-refractivity contribution < 1.29 is 8.42 Å². The van der Waals surface area contributed by atoms with Crippen LogP contribution in [0.5, 0.6) is 0 Å². The maximum Gasteiger partial charge on any atom is 0.246 e. The van der Waals surface area contributed by atoms with E-state index in [1.807, 2.05) is 0 Å². The first-order valence-corrected chi connectivity index (χ1v) is 8.78. The number of nitrogens with zero attached hydrogens (tertiary/aromatic N) is 3. The van der Waals surface area contributed by atoms with E-state index in [1.165, 1.54) is 0 Å². The number of aromatic amines is 1. The quantitative estimate of drug-likeness (QED) is 0.808. The van der Waals surface area contributed by atoms with Crippen molar-refractivity contribution in [2.45, 2.75) is 38.3 Å². The van der Waals surface area contributed by atoms with E-state index >= 15 is 0 Å². The molecule has 21 heavy (non-hydrogen) atoms. The van der Waals surface area contributed by atoms with E-state index < -0.39 is 10.0 Å². The van der Waals surface area contributed by atoms with Gasteiger partial charge in [-0.1, -0.05) is 6.92 Å². The van der Waals surface area contributed by atoms with Crippen LogP contribution in [0.2, 0.25) is 0 Å². The summed E-state index contributed by atoms with van der Waals surface area (Å²) in [6.07, 6.45) is 0. The molecule has 7 nitrogen and oxygen atoms in total. The first kappa shape index (κ1) is 16.4. The number of nitrogens with one attached hydrogen (secondary N) is 2. The van der Waals surface area contributed by atoms with Crippen LogP contribution in [0.25, 0.3) is 0 Å². The minimum Gasteiger partial charge on any atom is -0.314 e. The van der Waals surface area contributed by atoms with Crippen molar-refractivity contribution >= 4 is 10.0 Å². The molecular formula is C13H25N5O2S. The van der Waals surface area contributed by atoms with Gasteiger partial charge >= 0.3 is 0 Å². The highest BCUT2D eigenvalue weighted by molar-refractivity contribution is 7.89. The van der Waals surface area contributed by atoms with Gasteiger partial charge in [0, 0.05) is 32.2 Å². The SMILES string of the molecule is CCN1CCN(S(=O)(=O)c2c(CNC)n[nH]c2C)CC1C. The first-order chi connectivity index (χ1) is 9.91. The Kier molecular flexibility index (Phi) is 5.03. The topological polar surface area (TPSA) is 81.3 Å². The Morgan fingerprint density at radius 2 is 2.14 bits per heavy atom. The third-order valence-electron chi connectivity index (χ3n) is 4.04. The number of likely N-dealkylation sites (N-methyl/N-ethyl adjacent to an activating group) is 1. The van der Waals surface area contributed by atoms with Crippen molar-refractivity contribution in [3.8, 4) is 0 Å². The number of sulfonamides is 1. The standard InChI is InChI=1S/C13H25N5O2S/c1-5-17-6-7-18(9-10(17)2)21(19,20)13-11(3)15-16-12(13)8-14-4/h10,14H,5-9H2,1-4H3,(H,15,16). The maximum atomic E-state index is 12.9. The van der Waals surface area contributed by atoms with Crippen LogP contribution >= 0.6 is 0 Å². The van der Waals surface area contributed by atoms with Crippen LogP contribution in [-0.2, 0) is 16.6 Å². The Balaban J connectivity index is 2.29. The Bertz CT molecular complexity index is 583. The molecule has 2 rings (SSSR count). The molecule has 120 valence electrons.